The van der Waals surface area contributed by atoms with Crippen LogP contribution in [0.25, 0.3) is 0 Å². The van der Waals surface area contributed by atoms with Crippen LogP contribution in [0.15, 0.2) is 12.3 Å². The topological polar surface area (TPSA) is 58.1 Å². The quantitative estimate of drug-likeness (QED) is 0.860. The van der Waals surface area contributed by atoms with Crippen LogP contribution >= 0.6 is 11.6 Å². The van der Waals surface area contributed by atoms with E-state index in [1.54, 1.807) is 6.20 Å². The van der Waals surface area contributed by atoms with Crippen molar-refractivity contribution < 1.29 is 4.79 Å². The molecule has 0 saturated carbocycles. The molecule has 1 fully saturated rings. The van der Waals surface area contributed by atoms with Crippen molar-refractivity contribution in [3.63, 3.8) is 0 Å². The second-order valence-corrected chi connectivity index (χ2v) is 5.19. The van der Waals surface area contributed by atoms with E-state index in [0.29, 0.717) is 19.1 Å². The number of hydrogen-bond acceptors (Lipinski definition) is 4. The van der Waals surface area contributed by atoms with Gasteiger partial charge in [0.05, 0.1) is 5.92 Å². The Morgan fingerprint density at radius 1 is 1.58 bits per heavy atom. The molecular formula is C13H19ClN4O. The van der Waals surface area contributed by atoms with Crippen molar-refractivity contribution >= 4 is 23.3 Å². The molecule has 19 heavy (non-hydrogen) atoms. The Balaban J connectivity index is 2.12. The minimum Gasteiger partial charge on any atom is -0.356 e. The minimum atomic E-state index is 0.0184. The van der Waals surface area contributed by atoms with E-state index < -0.39 is 0 Å². The van der Waals surface area contributed by atoms with Crippen molar-refractivity contribution in [1.82, 2.24) is 15.3 Å². The van der Waals surface area contributed by atoms with Crippen LogP contribution in [0.5, 0.6) is 0 Å². The molecule has 1 aliphatic heterocycles. The number of hydrogen-bond donors (Lipinski definition) is 1. The lowest BCUT2D eigenvalue weighted by molar-refractivity contribution is -0.125. The van der Waals surface area contributed by atoms with Gasteiger partial charge in [0.2, 0.25) is 11.2 Å². The number of amides is 1. The summed E-state index contributed by atoms with van der Waals surface area (Å²) in [5.41, 5.74) is 0. The van der Waals surface area contributed by atoms with Crippen LogP contribution in [0.3, 0.4) is 0 Å². The first kappa shape index (κ1) is 14.1. The number of piperidine rings is 1. The summed E-state index contributed by atoms with van der Waals surface area (Å²) in [7, 11) is 0. The van der Waals surface area contributed by atoms with Gasteiger partial charge in [0.1, 0.15) is 5.82 Å². The van der Waals surface area contributed by atoms with Crippen molar-refractivity contribution in [2.75, 3.05) is 18.0 Å². The first-order chi connectivity index (χ1) is 9.11. The minimum absolute atomic E-state index is 0.0184. The number of halogens is 1. The first-order valence-corrected chi connectivity index (χ1v) is 7.02. The van der Waals surface area contributed by atoms with Crippen molar-refractivity contribution in [3.05, 3.63) is 17.5 Å². The van der Waals surface area contributed by atoms with Crippen molar-refractivity contribution in [2.45, 2.75) is 32.7 Å². The van der Waals surface area contributed by atoms with Gasteiger partial charge in [0, 0.05) is 25.3 Å². The average Bonchev–Trinajstić information content (AvgIpc) is 2.39. The summed E-state index contributed by atoms with van der Waals surface area (Å²) in [5, 5.41) is 3.13. The summed E-state index contributed by atoms with van der Waals surface area (Å²) in [6, 6.07) is 2.19. The molecule has 0 aromatic carbocycles. The number of rotatable bonds is 3. The summed E-state index contributed by atoms with van der Waals surface area (Å²) < 4.78 is 0. The summed E-state index contributed by atoms with van der Waals surface area (Å²) in [5.74, 6) is 0.936. The molecule has 1 aliphatic rings. The standard InChI is InChI=1S/C13H19ClN4O/c1-3-15-12(19)10-5-4-9(2)18(8-10)11-6-7-16-13(14)17-11/h6-7,9-10H,3-5,8H2,1-2H3,(H,15,19). The molecule has 2 rings (SSSR count). The smallest absolute Gasteiger partial charge is 0.224 e. The van der Waals surface area contributed by atoms with Crippen molar-refractivity contribution in [1.29, 1.82) is 0 Å². The molecule has 1 saturated heterocycles. The zero-order valence-corrected chi connectivity index (χ0v) is 12.0. The Kier molecular flexibility index (Phi) is 4.58. The molecule has 2 atom stereocenters. The third-order valence-corrected chi connectivity index (χ3v) is 3.69. The highest BCUT2D eigenvalue weighted by Gasteiger charge is 2.30. The average molecular weight is 283 g/mol. The molecule has 0 bridgehead atoms. The lowest BCUT2D eigenvalue weighted by atomic mass is 9.92. The lowest BCUT2D eigenvalue weighted by Gasteiger charge is -2.38. The monoisotopic (exact) mass is 282 g/mol. The fourth-order valence-corrected chi connectivity index (χ4v) is 2.59. The van der Waals surface area contributed by atoms with E-state index in [2.05, 4.69) is 27.1 Å². The predicted molar refractivity (Wildman–Crippen MR) is 75.3 cm³/mol. The number of anilines is 1. The van der Waals surface area contributed by atoms with E-state index in [1.165, 1.54) is 0 Å². The van der Waals surface area contributed by atoms with Gasteiger partial charge in [-0.3, -0.25) is 4.79 Å². The van der Waals surface area contributed by atoms with E-state index in [1.807, 2.05) is 13.0 Å². The fraction of sp³-hybridized carbons (Fsp3) is 0.615. The van der Waals surface area contributed by atoms with Gasteiger partial charge in [-0.05, 0) is 44.4 Å². The number of carbonyl (C=O) groups is 1. The highest BCUT2D eigenvalue weighted by molar-refractivity contribution is 6.28. The van der Waals surface area contributed by atoms with Crippen molar-refractivity contribution in [3.8, 4) is 0 Å². The van der Waals surface area contributed by atoms with Crippen LogP contribution in [0, 0.1) is 5.92 Å². The summed E-state index contributed by atoms with van der Waals surface area (Å²) >= 11 is 5.83. The predicted octanol–water partition coefficient (Wildman–Crippen LogP) is 1.87. The Bertz CT molecular complexity index is 454. The summed E-state index contributed by atoms with van der Waals surface area (Å²) in [4.78, 5) is 22.2. The molecule has 2 heterocycles. The van der Waals surface area contributed by atoms with Crippen LogP contribution in [0.2, 0.25) is 5.28 Å². The highest BCUT2D eigenvalue weighted by Crippen LogP contribution is 2.26. The molecule has 104 valence electrons. The van der Waals surface area contributed by atoms with E-state index in [-0.39, 0.29) is 17.1 Å². The fourth-order valence-electron chi connectivity index (χ4n) is 2.44. The molecule has 1 amide bonds. The third-order valence-electron chi connectivity index (χ3n) is 3.51. The largest absolute Gasteiger partial charge is 0.356 e. The normalized spacial score (nSPS) is 23.2. The van der Waals surface area contributed by atoms with Gasteiger partial charge in [-0.25, -0.2) is 9.97 Å². The molecule has 1 aromatic rings. The second kappa shape index (κ2) is 6.19. The Hall–Kier alpha value is -1.36. The SMILES string of the molecule is CCNC(=O)C1CCC(C)N(c2ccnc(Cl)n2)C1. The van der Waals surface area contributed by atoms with E-state index >= 15 is 0 Å². The number of nitrogens with zero attached hydrogens (tertiary/aromatic N) is 3. The lowest BCUT2D eigenvalue weighted by Crippen LogP contribution is -2.47. The molecule has 1 N–H and O–H groups in total. The van der Waals surface area contributed by atoms with E-state index in [0.717, 1.165) is 18.7 Å². The zero-order valence-electron chi connectivity index (χ0n) is 11.3. The van der Waals surface area contributed by atoms with Gasteiger partial charge in [-0.2, -0.15) is 0 Å². The second-order valence-electron chi connectivity index (χ2n) is 4.85. The molecular weight excluding hydrogens is 264 g/mol. The third kappa shape index (κ3) is 3.35. The van der Waals surface area contributed by atoms with Gasteiger partial charge < -0.3 is 10.2 Å². The Morgan fingerprint density at radius 3 is 3.05 bits per heavy atom. The molecule has 6 heteroatoms. The van der Waals surface area contributed by atoms with Gasteiger partial charge in [-0.15, -0.1) is 0 Å². The van der Waals surface area contributed by atoms with Gasteiger partial charge in [0.15, 0.2) is 0 Å². The van der Waals surface area contributed by atoms with Crippen molar-refractivity contribution in [2.24, 2.45) is 5.92 Å². The van der Waals surface area contributed by atoms with E-state index in [9.17, 15) is 4.79 Å². The van der Waals surface area contributed by atoms with Gasteiger partial charge in [0.25, 0.3) is 0 Å². The van der Waals surface area contributed by atoms with Gasteiger partial charge in [-0.1, -0.05) is 0 Å². The zero-order chi connectivity index (χ0) is 13.8. The van der Waals surface area contributed by atoms with E-state index in [4.69, 9.17) is 11.6 Å². The van der Waals surface area contributed by atoms with Crippen LogP contribution in [-0.4, -0.2) is 35.0 Å². The molecule has 2 unspecified atom stereocenters. The molecule has 0 aliphatic carbocycles. The Labute approximate surface area is 118 Å². The van der Waals surface area contributed by atoms with Crippen LogP contribution in [0.4, 0.5) is 5.82 Å². The van der Waals surface area contributed by atoms with Crippen LogP contribution in [0.1, 0.15) is 26.7 Å². The maximum atomic E-state index is 12.0. The number of aromatic nitrogens is 2. The number of carbonyl (C=O) groups excluding carboxylic acids is 1. The van der Waals surface area contributed by atoms with Gasteiger partial charge >= 0.3 is 0 Å². The molecule has 1 aromatic heterocycles. The first-order valence-electron chi connectivity index (χ1n) is 6.64. The maximum Gasteiger partial charge on any atom is 0.224 e. The maximum absolute atomic E-state index is 12.0. The summed E-state index contributed by atoms with van der Waals surface area (Å²) in [6.45, 7) is 5.43. The molecule has 5 nitrogen and oxygen atoms in total. The molecule has 0 radical (unpaired) electrons. The summed E-state index contributed by atoms with van der Waals surface area (Å²) in [6.07, 6.45) is 3.54. The van der Waals surface area contributed by atoms with Crippen LogP contribution < -0.4 is 10.2 Å². The highest BCUT2D eigenvalue weighted by atomic mass is 35.5. The Morgan fingerprint density at radius 2 is 2.37 bits per heavy atom. The molecule has 0 spiro atoms. The van der Waals surface area contributed by atoms with Crippen LogP contribution in [-0.2, 0) is 4.79 Å². The number of nitrogens with one attached hydrogen (secondary N) is 1.